The molecule has 1 atom stereocenters. The summed E-state index contributed by atoms with van der Waals surface area (Å²) in [7, 11) is 0. The largest absolute Gasteiger partial charge is 0.394 e. The van der Waals surface area contributed by atoms with E-state index < -0.39 is 6.10 Å². The maximum atomic E-state index is 11.1. The molecule has 2 amide bonds. The van der Waals surface area contributed by atoms with Gasteiger partial charge in [0, 0.05) is 13.1 Å². The summed E-state index contributed by atoms with van der Waals surface area (Å²) in [4.78, 5) is 11.1. The summed E-state index contributed by atoms with van der Waals surface area (Å²) in [5.41, 5.74) is 0.0347. The molecule has 1 unspecified atom stereocenters. The summed E-state index contributed by atoms with van der Waals surface area (Å²) in [6, 6.07) is -0.326. The second kappa shape index (κ2) is 5.82. The molecule has 0 radical (unpaired) electrons. The van der Waals surface area contributed by atoms with Crippen LogP contribution in [0.4, 0.5) is 4.79 Å². The fourth-order valence-electron chi connectivity index (χ4n) is 0.683. The fraction of sp³-hybridized carbons (Fsp3) is 0.889. The Morgan fingerprint density at radius 2 is 1.93 bits per heavy atom. The fourth-order valence-corrected chi connectivity index (χ4v) is 0.683. The third-order valence-corrected chi connectivity index (χ3v) is 1.49. The van der Waals surface area contributed by atoms with Gasteiger partial charge in [0.2, 0.25) is 0 Å². The van der Waals surface area contributed by atoms with E-state index >= 15 is 0 Å². The van der Waals surface area contributed by atoms with Crippen LogP contribution in [-0.2, 0) is 0 Å². The minimum absolute atomic E-state index is 0.0347. The molecule has 0 fully saturated rings. The highest BCUT2D eigenvalue weighted by Gasteiger charge is 2.12. The van der Waals surface area contributed by atoms with Crippen molar-refractivity contribution in [1.29, 1.82) is 0 Å². The van der Waals surface area contributed by atoms with E-state index in [-0.39, 0.29) is 24.6 Å². The van der Waals surface area contributed by atoms with Crippen molar-refractivity contribution in [3.8, 4) is 0 Å². The summed E-state index contributed by atoms with van der Waals surface area (Å²) in [5.74, 6) is 0. The Morgan fingerprint density at radius 3 is 2.36 bits per heavy atom. The maximum absolute atomic E-state index is 11.1. The molecule has 0 aromatic carbocycles. The number of hydrogen-bond donors (Lipinski definition) is 4. The average Bonchev–Trinajstić information content (AvgIpc) is 2.09. The van der Waals surface area contributed by atoms with Gasteiger partial charge < -0.3 is 20.8 Å². The SMILES string of the molecule is CC(C)(C)CNC(=O)NCC(O)CO. The maximum Gasteiger partial charge on any atom is 0.314 e. The molecule has 0 spiro atoms. The quantitative estimate of drug-likeness (QED) is 0.507. The first-order valence-electron chi connectivity index (χ1n) is 4.66. The molecule has 0 aromatic rings. The zero-order valence-corrected chi connectivity index (χ0v) is 9.00. The standard InChI is InChI=1S/C9H20N2O3/c1-9(2,3)6-11-8(14)10-4-7(13)5-12/h7,12-13H,4-6H2,1-3H3,(H2,10,11,14). The van der Waals surface area contributed by atoms with Crippen molar-refractivity contribution in [2.24, 2.45) is 5.41 Å². The van der Waals surface area contributed by atoms with Gasteiger partial charge in [-0.15, -0.1) is 0 Å². The van der Waals surface area contributed by atoms with Crippen LogP contribution in [0, 0.1) is 5.41 Å². The number of aliphatic hydroxyl groups is 2. The summed E-state index contributed by atoms with van der Waals surface area (Å²) in [5, 5.41) is 22.5. The molecular weight excluding hydrogens is 184 g/mol. The van der Waals surface area contributed by atoms with Gasteiger partial charge in [-0.05, 0) is 5.41 Å². The predicted molar refractivity (Wildman–Crippen MR) is 53.9 cm³/mol. The van der Waals surface area contributed by atoms with Crippen molar-refractivity contribution in [3.63, 3.8) is 0 Å². The van der Waals surface area contributed by atoms with E-state index in [9.17, 15) is 4.79 Å². The van der Waals surface area contributed by atoms with E-state index in [1.54, 1.807) is 0 Å². The smallest absolute Gasteiger partial charge is 0.314 e. The molecule has 14 heavy (non-hydrogen) atoms. The van der Waals surface area contributed by atoms with E-state index in [4.69, 9.17) is 10.2 Å². The van der Waals surface area contributed by atoms with Crippen LogP contribution in [0.25, 0.3) is 0 Å². The topological polar surface area (TPSA) is 81.6 Å². The Bertz CT molecular complexity index is 177. The Morgan fingerprint density at radius 1 is 1.36 bits per heavy atom. The minimum atomic E-state index is -0.893. The van der Waals surface area contributed by atoms with Crippen LogP contribution >= 0.6 is 0 Å². The van der Waals surface area contributed by atoms with Gasteiger partial charge in [0.05, 0.1) is 12.7 Å². The van der Waals surface area contributed by atoms with E-state index in [1.165, 1.54) is 0 Å². The molecule has 4 N–H and O–H groups in total. The number of carbonyl (C=O) groups is 1. The Hall–Kier alpha value is -0.810. The third kappa shape index (κ3) is 7.82. The third-order valence-electron chi connectivity index (χ3n) is 1.49. The lowest BCUT2D eigenvalue weighted by Crippen LogP contribution is -2.43. The van der Waals surface area contributed by atoms with Crippen LogP contribution in [0.2, 0.25) is 0 Å². The van der Waals surface area contributed by atoms with Gasteiger partial charge in [0.1, 0.15) is 0 Å². The number of amides is 2. The summed E-state index contributed by atoms with van der Waals surface area (Å²) < 4.78 is 0. The zero-order valence-electron chi connectivity index (χ0n) is 9.00. The second-order valence-electron chi connectivity index (χ2n) is 4.46. The van der Waals surface area contributed by atoms with Gasteiger partial charge in [-0.3, -0.25) is 0 Å². The summed E-state index contributed by atoms with van der Waals surface area (Å²) >= 11 is 0. The Balaban J connectivity index is 3.57. The van der Waals surface area contributed by atoms with E-state index in [2.05, 4.69) is 10.6 Å². The zero-order chi connectivity index (χ0) is 11.2. The normalized spacial score (nSPS) is 13.5. The lowest BCUT2D eigenvalue weighted by molar-refractivity contribution is 0.0958. The molecule has 0 aliphatic carbocycles. The predicted octanol–water partition coefficient (Wildman–Crippen LogP) is -0.315. The molecule has 0 rings (SSSR count). The monoisotopic (exact) mass is 204 g/mol. The highest BCUT2D eigenvalue weighted by atomic mass is 16.3. The van der Waals surface area contributed by atoms with E-state index in [0.29, 0.717) is 6.54 Å². The van der Waals surface area contributed by atoms with Crippen molar-refractivity contribution >= 4 is 6.03 Å². The molecule has 0 aromatic heterocycles. The van der Waals surface area contributed by atoms with Gasteiger partial charge in [-0.1, -0.05) is 20.8 Å². The highest BCUT2D eigenvalue weighted by Crippen LogP contribution is 2.09. The van der Waals surface area contributed by atoms with Crippen LogP contribution in [0.3, 0.4) is 0 Å². The molecule has 0 saturated carbocycles. The number of nitrogens with one attached hydrogen (secondary N) is 2. The molecule has 84 valence electrons. The minimum Gasteiger partial charge on any atom is -0.394 e. The lowest BCUT2D eigenvalue weighted by Gasteiger charge is -2.19. The van der Waals surface area contributed by atoms with Gasteiger partial charge in [0.15, 0.2) is 0 Å². The number of rotatable bonds is 4. The van der Waals surface area contributed by atoms with Crippen molar-refractivity contribution < 1.29 is 15.0 Å². The molecule has 0 bridgehead atoms. The molecule has 0 heterocycles. The van der Waals surface area contributed by atoms with Gasteiger partial charge in [0.25, 0.3) is 0 Å². The number of hydrogen-bond acceptors (Lipinski definition) is 3. The van der Waals surface area contributed by atoms with Crippen molar-refractivity contribution in [3.05, 3.63) is 0 Å². The molecule has 5 nitrogen and oxygen atoms in total. The molecule has 0 aliphatic rings. The summed E-state index contributed by atoms with van der Waals surface area (Å²) in [6.45, 7) is 6.31. The molecule has 0 saturated heterocycles. The van der Waals surface area contributed by atoms with Gasteiger partial charge in [-0.25, -0.2) is 4.79 Å². The first-order chi connectivity index (χ1) is 6.35. The lowest BCUT2D eigenvalue weighted by atomic mass is 9.97. The van der Waals surface area contributed by atoms with Crippen LogP contribution in [0.1, 0.15) is 20.8 Å². The van der Waals surface area contributed by atoms with E-state index in [0.717, 1.165) is 0 Å². The first kappa shape index (κ1) is 13.2. The Kier molecular flexibility index (Phi) is 5.49. The van der Waals surface area contributed by atoms with Gasteiger partial charge >= 0.3 is 6.03 Å². The van der Waals surface area contributed by atoms with Crippen molar-refractivity contribution in [1.82, 2.24) is 10.6 Å². The van der Waals surface area contributed by atoms with Crippen LogP contribution in [-0.4, -0.2) is 42.0 Å². The molecule has 5 heteroatoms. The van der Waals surface area contributed by atoms with Crippen LogP contribution in [0.15, 0.2) is 0 Å². The van der Waals surface area contributed by atoms with Crippen LogP contribution < -0.4 is 10.6 Å². The number of aliphatic hydroxyl groups excluding tert-OH is 2. The molecule has 0 aliphatic heterocycles. The number of carbonyl (C=O) groups excluding carboxylic acids is 1. The van der Waals surface area contributed by atoms with Gasteiger partial charge in [-0.2, -0.15) is 0 Å². The van der Waals surface area contributed by atoms with Crippen molar-refractivity contribution in [2.45, 2.75) is 26.9 Å². The number of urea groups is 1. The summed E-state index contributed by atoms with van der Waals surface area (Å²) in [6.07, 6.45) is -0.893. The Labute approximate surface area is 84.5 Å². The van der Waals surface area contributed by atoms with E-state index in [1.807, 2.05) is 20.8 Å². The van der Waals surface area contributed by atoms with Crippen molar-refractivity contribution in [2.75, 3.05) is 19.7 Å². The average molecular weight is 204 g/mol. The second-order valence-corrected chi connectivity index (χ2v) is 4.46. The molecular formula is C9H20N2O3. The first-order valence-corrected chi connectivity index (χ1v) is 4.66. The van der Waals surface area contributed by atoms with Crippen LogP contribution in [0.5, 0.6) is 0 Å². The highest BCUT2D eigenvalue weighted by molar-refractivity contribution is 5.73.